The highest BCUT2D eigenvalue weighted by atomic mass is 79.9. The largest absolute Gasteiger partial charge is 0.350 e. The second-order valence-corrected chi connectivity index (χ2v) is 7.32. The van der Waals surface area contributed by atoms with Crippen LogP contribution < -0.4 is 5.32 Å². The number of nitrogens with zero attached hydrogens (tertiary/aromatic N) is 2. The topological polar surface area (TPSA) is 70.7 Å². The molecule has 0 fully saturated rings. The van der Waals surface area contributed by atoms with E-state index in [1.54, 1.807) is 12.4 Å². The summed E-state index contributed by atoms with van der Waals surface area (Å²) in [5, 5.41) is 6.76. The Bertz CT molecular complexity index is 1040. The maximum atomic E-state index is 12.4. The van der Waals surface area contributed by atoms with Gasteiger partial charge in [-0.3, -0.25) is 9.78 Å². The van der Waals surface area contributed by atoms with E-state index in [1.165, 1.54) is 11.3 Å². The Morgan fingerprint density at radius 3 is 2.88 bits per heavy atom. The number of halogens is 1. The van der Waals surface area contributed by atoms with Crippen molar-refractivity contribution in [1.29, 1.82) is 0 Å². The quantitative estimate of drug-likeness (QED) is 0.522. The van der Waals surface area contributed by atoms with Crippen molar-refractivity contribution in [3.05, 3.63) is 69.3 Å². The van der Waals surface area contributed by atoms with E-state index in [0.29, 0.717) is 12.2 Å². The molecule has 1 amide bonds. The van der Waals surface area contributed by atoms with Crippen molar-refractivity contribution < 1.29 is 4.79 Å². The molecule has 3 heterocycles. The molecule has 0 spiro atoms. The van der Waals surface area contributed by atoms with Gasteiger partial charge in [0, 0.05) is 38.7 Å². The Kier molecular flexibility index (Phi) is 4.33. The molecule has 3 aromatic heterocycles. The predicted octanol–water partition coefficient (Wildman–Crippen LogP) is 4.38. The first kappa shape index (κ1) is 16.0. The number of amides is 1. The van der Waals surface area contributed by atoms with Crippen LogP contribution in [0.25, 0.3) is 22.2 Å². The van der Waals surface area contributed by atoms with E-state index in [4.69, 9.17) is 0 Å². The van der Waals surface area contributed by atoms with E-state index in [9.17, 15) is 4.79 Å². The zero-order valence-corrected chi connectivity index (χ0v) is 15.4. The number of carbonyl (C=O) groups is 1. The summed E-state index contributed by atoms with van der Waals surface area (Å²) in [5.74, 6) is -0.145. The van der Waals surface area contributed by atoms with Crippen molar-refractivity contribution in [3.8, 4) is 11.3 Å². The first-order valence-electron chi connectivity index (χ1n) is 7.60. The van der Waals surface area contributed by atoms with Gasteiger partial charge >= 0.3 is 0 Å². The first-order chi connectivity index (χ1) is 12.2. The monoisotopic (exact) mass is 412 g/mol. The molecule has 124 valence electrons. The van der Waals surface area contributed by atoms with E-state index >= 15 is 0 Å². The average molecular weight is 413 g/mol. The zero-order chi connectivity index (χ0) is 17.2. The van der Waals surface area contributed by atoms with E-state index in [2.05, 4.69) is 36.2 Å². The van der Waals surface area contributed by atoms with Crippen LogP contribution in [0.3, 0.4) is 0 Å². The summed E-state index contributed by atoms with van der Waals surface area (Å²) in [6.07, 6.45) is 3.48. The van der Waals surface area contributed by atoms with Crippen LogP contribution in [0.15, 0.2) is 58.6 Å². The van der Waals surface area contributed by atoms with Crippen LogP contribution in [-0.2, 0) is 6.54 Å². The summed E-state index contributed by atoms with van der Waals surface area (Å²) in [5.41, 5.74) is 3.38. The molecule has 7 heteroatoms. The minimum absolute atomic E-state index is 0.145. The lowest BCUT2D eigenvalue weighted by Gasteiger charge is -2.00. The number of fused-ring (bicyclic) bond motifs is 1. The summed E-state index contributed by atoms with van der Waals surface area (Å²) in [6, 6.07) is 11.6. The molecule has 25 heavy (non-hydrogen) atoms. The van der Waals surface area contributed by atoms with Crippen molar-refractivity contribution in [2.75, 3.05) is 0 Å². The predicted molar refractivity (Wildman–Crippen MR) is 103 cm³/mol. The standard InChI is InChI=1S/C18H13BrN4OS/c19-13-2-1-12-7-15(22-14(12)8-13)18(24)21-9-17-23-16(10-25-17)11-3-5-20-6-4-11/h1-8,10,22H,9H2,(H,21,24). The molecule has 4 aromatic rings. The van der Waals surface area contributed by atoms with Crippen LogP contribution in [0.4, 0.5) is 0 Å². The van der Waals surface area contributed by atoms with Crippen molar-refractivity contribution in [1.82, 2.24) is 20.3 Å². The SMILES string of the molecule is O=C(NCc1nc(-c2ccncc2)cs1)c1cc2ccc(Br)cc2[nH]1. The highest BCUT2D eigenvalue weighted by Gasteiger charge is 2.11. The Labute approximate surface area is 156 Å². The molecule has 0 saturated carbocycles. The molecule has 0 atom stereocenters. The van der Waals surface area contributed by atoms with Gasteiger partial charge in [-0.2, -0.15) is 0 Å². The lowest BCUT2D eigenvalue weighted by atomic mass is 10.2. The summed E-state index contributed by atoms with van der Waals surface area (Å²) >= 11 is 4.96. The van der Waals surface area contributed by atoms with Gasteiger partial charge in [-0.1, -0.05) is 22.0 Å². The molecular formula is C18H13BrN4OS. The number of H-pyrrole nitrogens is 1. The van der Waals surface area contributed by atoms with Crippen LogP contribution in [0.1, 0.15) is 15.5 Å². The molecule has 5 nitrogen and oxygen atoms in total. The number of nitrogens with one attached hydrogen (secondary N) is 2. The molecule has 2 N–H and O–H groups in total. The Balaban J connectivity index is 1.45. The normalized spacial score (nSPS) is 10.9. The fraction of sp³-hybridized carbons (Fsp3) is 0.0556. The number of pyridine rings is 1. The van der Waals surface area contributed by atoms with Crippen molar-refractivity contribution in [2.45, 2.75) is 6.54 Å². The number of hydrogen-bond donors (Lipinski definition) is 2. The van der Waals surface area contributed by atoms with Gasteiger partial charge in [-0.15, -0.1) is 11.3 Å². The second kappa shape index (κ2) is 6.78. The molecular weight excluding hydrogens is 400 g/mol. The molecule has 0 bridgehead atoms. The first-order valence-corrected chi connectivity index (χ1v) is 9.27. The van der Waals surface area contributed by atoms with Gasteiger partial charge in [-0.05, 0) is 30.3 Å². The molecule has 0 aliphatic heterocycles. The molecule has 0 radical (unpaired) electrons. The van der Waals surface area contributed by atoms with Gasteiger partial charge in [0.05, 0.1) is 12.2 Å². The zero-order valence-electron chi connectivity index (χ0n) is 13.0. The number of rotatable bonds is 4. The number of hydrogen-bond acceptors (Lipinski definition) is 4. The second-order valence-electron chi connectivity index (χ2n) is 5.46. The van der Waals surface area contributed by atoms with E-state index in [0.717, 1.165) is 31.6 Å². The molecule has 4 rings (SSSR count). The molecule has 0 unspecified atom stereocenters. The van der Waals surface area contributed by atoms with Crippen molar-refractivity contribution in [3.63, 3.8) is 0 Å². The molecule has 0 aliphatic carbocycles. The number of aromatic amines is 1. The minimum atomic E-state index is -0.145. The Morgan fingerprint density at radius 1 is 1.20 bits per heavy atom. The van der Waals surface area contributed by atoms with E-state index < -0.39 is 0 Å². The van der Waals surface area contributed by atoms with Crippen LogP contribution in [0, 0.1) is 0 Å². The highest BCUT2D eigenvalue weighted by molar-refractivity contribution is 9.10. The molecule has 0 aliphatic rings. The summed E-state index contributed by atoms with van der Waals surface area (Å²) in [6.45, 7) is 0.396. The lowest BCUT2D eigenvalue weighted by molar-refractivity contribution is 0.0946. The maximum absolute atomic E-state index is 12.4. The van der Waals surface area contributed by atoms with Gasteiger partial charge in [0.15, 0.2) is 0 Å². The third-order valence-electron chi connectivity index (χ3n) is 3.76. The Morgan fingerprint density at radius 2 is 2.04 bits per heavy atom. The van der Waals surface area contributed by atoms with Crippen LogP contribution in [0.2, 0.25) is 0 Å². The number of aromatic nitrogens is 3. The van der Waals surface area contributed by atoms with Crippen LogP contribution in [-0.4, -0.2) is 20.9 Å². The fourth-order valence-electron chi connectivity index (χ4n) is 2.52. The van der Waals surface area contributed by atoms with Crippen molar-refractivity contribution in [2.24, 2.45) is 0 Å². The third-order valence-corrected chi connectivity index (χ3v) is 5.10. The fourth-order valence-corrected chi connectivity index (χ4v) is 3.62. The number of thiazole rings is 1. The summed E-state index contributed by atoms with van der Waals surface area (Å²) in [7, 11) is 0. The number of carbonyl (C=O) groups excluding carboxylic acids is 1. The van der Waals surface area contributed by atoms with Gasteiger partial charge in [0.1, 0.15) is 10.7 Å². The minimum Gasteiger partial charge on any atom is -0.350 e. The highest BCUT2D eigenvalue weighted by Crippen LogP contribution is 2.22. The summed E-state index contributed by atoms with van der Waals surface area (Å²) < 4.78 is 0.972. The lowest BCUT2D eigenvalue weighted by Crippen LogP contribution is -2.22. The van der Waals surface area contributed by atoms with Crippen LogP contribution in [0.5, 0.6) is 0 Å². The molecule has 0 saturated heterocycles. The van der Waals surface area contributed by atoms with Crippen LogP contribution >= 0.6 is 27.3 Å². The molecule has 1 aromatic carbocycles. The smallest absolute Gasteiger partial charge is 0.268 e. The van der Waals surface area contributed by atoms with Gasteiger partial charge in [0.2, 0.25) is 0 Å². The van der Waals surface area contributed by atoms with E-state index in [1.807, 2.05) is 41.8 Å². The average Bonchev–Trinajstić information content (AvgIpc) is 3.27. The van der Waals surface area contributed by atoms with E-state index in [-0.39, 0.29) is 5.91 Å². The van der Waals surface area contributed by atoms with Gasteiger partial charge in [0.25, 0.3) is 5.91 Å². The third kappa shape index (κ3) is 3.47. The van der Waals surface area contributed by atoms with Crippen molar-refractivity contribution >= 4 is 44.1 Å². The summed E-state index contributed by atoms with van der Waals surface area (Å²) in [4.78, 5) is 24.1. The Hall–Kier alpha value is -2.51. The maximum Gasteiger partial charge on any atom is 0.268 e. The van der Waals surface area contributed by atoms with Gasteiger partial charge < -0.3 is 10.3 Å². The number of benzene rings is 1. The van der Waals surface area contributed by atoms with Gasteiger partial charge in [-0.25, -0.2) is 4.98 Å².